The van der Waals surface area contributed by atoms with Crippen LogP contribution in [0.15, 0.2) is 16.6 Å². The summed E-state index contributed by atoms with van der Waals surface area (Å²) in [5, 5.41) is 2.63. The molecule has 0 radical (unpaired) electrons. The standard InChI is InChI=1S/C13H14BrF2NO/c1-7(4-8-2-3-8)17-13(18)12-10(15)5-9(14)6-11(12)16/h5-8H,2-4H2,1H3,(H,17,18). The van der Waals surface area contributed by atoms with Crippen LogP contribution in [0.5, 0.6) is 0 Å². The second-order valence-corrected chi connectivity index (χ2v) is 5.71. The molecular weight excluding hydrogens is 304 g/mol. The van der Waals surface area contributed by atoms with Gasteiger partial charge in [-0.1, -0.05) is 28.8 Å². The average Bonchev–Trinajstić information content (AvgIpc) is 2.98. The summed E-state index contributed by atoms with van der Waals surface area (Å²) in [6.07, 6.45) is 3.23. The van der Waals surface area contributed by atoms with Crippen molar-refractivity contribution in [3.05, 3.63) is 33.8 Å². The van der Waals surface area contributed by atoms with Gasteiger partial charge in [-0.2, -0.15) is 0 Å². The van der Waals surface area contributed by atoms with Gasteiger partial charge in [0.25, 0.3) is 5.91 Å². The summed E-state index contributed by atoms with van der Waals surface area (Å²) < 4.78 is 27.4. The number of nitrogens with one attached hydrogen (secondary N) is 1. The summed E-state index contributed by atoms with van der Waals surface area (Å²) in [7, 11) is 0. The summed E-state index contributed by atoms with van der Waals surface area (Å²) >= 11 is 2.98. The van der Waals surface area contributed by atoms with Crippen molar-refractivity contribution in [1.29, 1.82) is 0 Å². The number of carbonyl (C=O) groups is 1. The molecule has 0 aromatic heterocycles. The van der Waals surface area contributed by atoms with Gasteiger partial charge in [0, 0.05) is 10.5 Å². The fraction of sp³-hybridized carbons (Fsp3) is 0.462. The first-order chi connectivity index (χ1) is 8.47. The number of carbonyl (C=O) groups excluding carboxylic acids is 1. The summed E-state index contributed by atoms with van der Waals surface area (Å²) in [5.41, 5.74) is -0.513. The average molecular weight is 318 g/mol. The van der Waals surface area contributed by atoms with Crippen molar-refractivity contribution in [2.24, 2.45) is 5.92 Å². The van der Waals surface area contributed by atoms with Gasteiger partial charge in [-0.3, -0.25) is 4.79 Å². The predicted molar refractivity (Wildman–Crippen MR) is 68.3 cm³/mol. The molecule has 1 aromatic rings. The molecule has 1 N–H and O–H groups in total. The first-order valence-electron chi connectivity index (χ1n) is 5.92. The van der Waals surface area contributed by atoms with E-state index in [1.165, 1.54) is 12.8 Å². The van der Waals surface area contributed by atoms with E-state index in [1.807, 2.05) is 6.92 Å². The van der Waals surface area contributed by atoms with Crippen LogP contribution in [0.2, 0.25) is 0 Å². The highest BCUT2D eigenvalue weighted by atomic mass is 79.9. The number of halogens is 3. The SMILES string of the molecule is CC(CC1CC1)NC(=O)c1c(F)cc(Br)cc1F. The molecule has 1 atom stereocenters. The Balaban J connectivity index is 2.07. The van der Waals surface area contributed by atoms with Crippen molar-refractivity contribution in [1.82, 2.24) is 5.32 Å². The van der Waals surface area contributed by atoms with E-state index in [-0.39, 0.29) is 10.5 Å². The second-order valence-electron chi connectivity index (χ2n) is 4.80. The molecule has 1 saturated carbocycles. The van der Waals surface area contributed by atoms with Crippen LogP contribution in [0.25, 0.3) is 0 Å². The topological polar surface area (TPSA) is 29.1 Å². The zero-order valence-electron chi connectivity index (χ0n) is 9.97. The van der Waals surface area contributed by atoms with Gasteiger partial charge in [0.2, 0.25) is 0 Å². The van der Waals surface area contributed by atoms with E-state index in [2.05, 4.69) is 21.2 Å². The zero-order chi connectivity index (χ0) is 13.3. The molecule has 0 saturated heterocycles. The maximum Gasteiger partial charge on any atom is 0.257 e. The largest absolute Gasteiger partial charge is 0.349 e. The summed E-state index contributed by atoms with van der Waals surface area (Å²) in [6, 6.07) is 2.11. The van der Waals surface area contributed by atoms with E-state index in [1.54, 1.807) is 0 Å². The number of hydrogen-bond donors (Lipinski definition) is 1. The third-order valence-electron chi connectivity index (χ3n) is 3.00. The van der Waals surface area contributed by atoms with Crippen LogP contribution in [-0.2, 0) is 0 Å². The first kappa shape index (κ1) is 13.5. The van der Waals surface area contributed by atoms with Crippen molar-refractivity contribution >= 4 is 21.8 Å². The third-order valence-corrected chi connectivity index (χ3v) is 3.45. The van der Waals surface area contributed by atoms with Crippen molar-refractivity contribution in [3.8, 4) is 0 Å². The zero-order valence-corrected chi connectivity index (χ0v) is 11.6. The molecule has 2 nitrogen and oxygen atoms in total. The lowest BCUT2D eigenvalue weighted by Gasteiger charge is -2.14. The van der Waals surface area contributed by atoms with Gasteiger partial charge in [-0.15, -0.1) is 0 Å². The van der Waals surface area contributed by atoms with Crippen LogP contribution in [0.1, 0.15) is 36.5 Å². The maximum absolute atomic E-state index is 13.6. The summed E-state index contributed by atoms with van der Waals surface area (Å²) in [4.78, 5) is 11.8. The number of benzene rings is 1. The Morgan fingerprint density at radius 1 is 1.44 bits per heavy atom. The van der Waals surface area contributed by atoms with E-state index in [4.69, 9.17) is 0 Å². The van der Waals surface area contributed by atoms with Crippen molar-refractivity contribution in [2.45, 2.75) is 32.2 Å². The highest BCUT2D eigenvalue weighted by molar-refractivity contribution is 9.10. The van der Waals surface area contributed by atoms with Crippen molar-refractivity contribution in [2.75, 3.05) is 0 Å². The molecule has 1 aliphatic carbocycles. The maximum atomic E-state index is 13.6. The highest BCUT2D eigenvalue weighted by Crippen LogP contribution is 2.33. The van der Waals surface area contributed by atoms with Crippen LogP contribution in [-0.4, -0.2) is 11.9 Å². The lowest BCUT2D eigenvalue weighted by atomic mass is 10.1. The van der Waals surface area contributed by atoms with E-state index >= 15 is 0 Å². The Labute approximate surface area is 113 Å². The molecule has 1 unspecified atom stereocenters. The van der Waals surface area contributed by atoms with Crippen LogP contribution in [0.4, 0.5) is 8.78 Å². The minimum absolute atomic E-state index is 0.0625. The second kappa shape index (κ2) is 5.34. The number of rotatable bonds is 4. The van der Waals surface area contributed by atoms with Crippen LogP contribution in [0, 0.1) is 17.6 Å². The van der Waals surface area contributed by atoms with Gasteiger partial charge in [0.15, 0.2) is 0 Å². The molecule has 0 spiro atoms. The number of amides is 1. The van der Waals surface area contributed by atoms with Crippen LogP contribution < -0.4 is 5.32 Å². The monoisotopic (exact) mass is 317 g/mol. The Hall–Kier alpha value is -0.970. The Morgan fingerprint density at radius 3 is 2.50 bits per heavy atom. The molecule has 2 rings (SSSR count). The fourth-order valence-electron chi connectivity index (χ4n) is 1.97. The molecule has 1 fully saturated rings. The smallest absolute Gasteiger partial charge is 0.257 e. The lowest BCUT2D eigenvalue weighted by Crippen LogP contribution is -2.34. The number of hydrogen-bond acceptors (Lipinski definition) is 1. The molecule has 0 bridgehead atoms. The van der Waals surface area contributed by atoms with E-state index in [0.29, 0.717) is 5.92 Å². The van der Waals surface area contributed by atoms with Gasteiger partial charge >= 0.3 is 0 Å². The molecule has 0 heterocycles. The van der Waals surface area contributed by atoms with Gasteiger partial charge < -0.3 is 5.32 Å². The minimum Gasteiger partial charge on any atom is -0.349 e. The molecule has 18 heavy (non-hydrogen) atoms. The molecule has 1 aliphatic rings. The van der Waals surface area contributed by atoms with E-state index in [0.717, 1.165) is 18.6 Å². The van der Waals surface area contributed by atoms with Crippen molar-refractivity contribution in [3.63, 3.8) is 0 Å². The predicted octanol–water partition coefficient (Wildman–Crippen LogP) is 3.65. The van der Waals surface area contributed by atoms with Crippen LogP contribution >= 0.6 is 15.9 Å². The van der Waals surface area contributed by atoms with Gasteiger partial charge in [0.05, 0.1) is 0 Å². The fourth-order valence-corrected chi connectivity index (χ4v) is 2.37. The first-order valence-corrected chi connectivity index (χ1v) is 6.72. The third kappa shape index (κ3) is 3.28. The van der Waals surface area contributed by atoms with Gasteiger partial charge in [-0.05, 0) is 31.4 Å². The van der Waals surface area contributed by atoms with E-state index < -0.39 is 23.1 Å². The van der Waals surface area contributed by atoms with Crippen molar-refractivity contribution < 1.29 is 13.6 Å². The Kier molecular flexibility index (Phi) is 4.00. The summed E-state index contributed by atoms with van der Waals surface area (Å²) in [5.74, 6) is -1.73. The Bertz CT molecular complexity index is 451. The molecule has 1 aromatic carbocycles. The molecule has 0 aliphatic heterocycles. The molecular formula is C13H14BrF2NO. The molecule has 5 heteroatoms. The Morgan fingerprint density at radius 2 is 2.00 bits per heavy atom. The van der Waals surface area contributed by atoms with E-state index in [9.17, 15) is 13.6 Å². The minimum atomic E-state index is -0.849. The van der Waals surface area contributed by atoms with Gasteiger partial charge in [0.1, 0.15) is 17.2 Å². The lowest BCUT2D eigenvalue weighted by molar-refractivity contribution is 0.0929. The molecule has 1 amide bonds. The highest BCUT2D eigenvalue weighted by Gasteiger charge is 2.25. The van der Waals surface area contributed by atoms with Crippen LogP contribution in [0.3, 0.4) is 0 Å². The quantitative estimate of drug-likeness (QED) is 0.902. The normalized spacial score (nSPS) is 16.4. The molecule has 98 valence electrons. The van der Waals surface area contributed by atoms with Gasteiger partial charge in [-0.25, -0.2) is 8.78 Å². The summed E-state index contributed by atoms with van der Waals surface area (Å²) in [6.45, 7) is 1.85.